The topological polar surface area (TPSA) is 24.9 Å². The number of rotatable bonds is 5. The van der Waals surface area contributed by atoms with Crippen LogP contribution in [0.25, 0.3) is 10.9 Å². The van der Waals surface area contributed by atoms with E-state index in [1.807, 2.05) is 12.3 Å². The van der Waals surface area contributed by atoms with Gasteiger partial charge in [-0.15, -0.1) is 0 Å². The molecule has 3 aromatic rings. The Morgan fingerprint density at radius 2 is 1.86 bits per heavy atom. The van der Waals surface area contributed by atoms with Gasteiger partial charge in [-0.1, -0.05) is 59.3 Å². The molecule has 0 fully saturated rings. The molecule has 2 nitrogen and oxygen atoms in total. The first-order valence-corrected chi connectivity index (χ1v) is 8.37. The highest BCUT2D eigenvalue weighted by Crippen LogP contribution is 2.28. The molecule has 3 rings (SSSR count). The van der Waals surface area contributed by atoms with Crippen molar-refractivity contribution in [3.63, 3.8) is 0 Å². The number of fused-ring (bicyclic) bond motifs is 1. The SMILES string of the molecule is CC(CCNc1ccc(Br)c2cccnc12)c1ccccc1. The molecular weight excluding hydrogens is 336 g/mol. The van der Waals surface area contributed by atoms with Gasteiger partial charge in [-0.25, -0.2) is 0 Å². The summed E-state index contributed by atoms with van der Waals surface area (Å²) in [6.07, 6.45) is 2.93. The molecule has 0 aliphatic heterocycles. The van der Waals surface area contributed by atoms with Crippen LogP contribution < -0.4 is 5.32 Å². The van der Waals surface area contributed by atoms with E-state index in [-0.39, 0.29) is 0 Å². The molecule has 0 spiro atoms. The maximum atomic E-state index is 4.51. The van der Waals surface area contributed by atoms with Gasteiger partial charge < -0.3 is 5.32 Å². The van der Waals surface area contributed by atoms with Crippen LogP contribution in [0.4, 0.5) is 5.69 Å². The van der Waals surface area contributed by atoms with Gasteiger partial charge in [0.15, 0.2) is 0 Å². The summed E-state index contributed by atoms with van der Waals surface area (Å²) in [7, 11) is 0. The molecular formula is C19H19BrN2. The number of benzene rings is 2. The molecule has 0 saturated carbocycles. The van der Waals surface area contributed by atoms with Crippen LogP contribution in [0.5, 0.6) is 0 Å². The van der Waals surface area contributed by atoms with Gasteiger partial charge >= 0.3 is 0 Å². The first-order chi connectivity index (χ1) is 10.8. The van der Waals surface area contributed by atoms with Crippen molar-refractivity contribution in [1.29, 1.82) is 0 Å². The average Bonchev–Trinajstić information content (AvgIpc) is 2.58. The smallest absolute Gasteiger partial charge is 0.0944 e. The summed E-state index contributed by atoms with van der Waals surface area (Å²) in [5.74, 6) is 0.545. The van der Waals surface area contributed by atoms with Crippen LogP contribution in [0, 0.1) is 0 Å². The first kappa shape index (κ1) is 15.0. The first-order valence-electron chi connectivity index (χ1n) is 7.58. The number of hydrogen-bond acceptors (Lipinski definition) is 2. The molecule has 0 bridgehead atoms. The molecule has 1 atom stereocenters. The van der Waals surface area contributed by atoms with Crippen molar-refractivity contribution in [2.24, 2.45) is 0 Å². The fourth-order valence-electron chi connectivity index (χ4n) is 2.65. The van der Waals surface area contributed by atoms with Crippen molar-refractivity contribution in [3.8, 4) is 0 Å². The van der Waals surface area contributed by atoms with E-state index in [9.17, 15) is 0 Å². The third-order valence-electron chi connectivity index (χ3n) is 3.98. The third-order valence-corrected chi connectivity index (χ3v) is 4.67. The number of hydrogen-bond donors (Lipinski definition) is 1. The number of nitrogens with one attached hydrogen (secondary N) is 1. The van der Waals surface area contributed by atoms with Crippen molar-refractivity contribution in [2.75, 3.05) is 11.9 Å². The van der Waals surface area contributed by atoms with Crippen molar-refractivity contribution >= 4 is 32.5 Å². The van der Waals surface area contributed by atoms with Crippen LogP contribution in [0.3, 0.4) is 0 Å². The van der Waals surface area contributed by atoms with Gasteiger partial charge in [-0.3, -0.25) is 4.98 Å². The highest BCUT2D eigenvalue weighted by molar-refractivity contribution is 9.10. The van der Waals surface area contributed by atoms with Gasteiger partial charge in [0.05, 0.1) is 11.2 Å². The molecule has 1 N–H and O–H groups in total. The summed E-state index contributed by atoms with van der Waals surface area (Å²) in [6.45, 7) is 3.21. The molecule has 1 aromatic heterocycles. The number of nitrogens with zero attached hydrogens (tertiary/aromatic N) is 1. The summed E-state index contributed by atoms with van der Waals surface area (Å²) in [5.41, 5.74) is 3.51. The third kappa shape index (κ3) is 3.30. The van der Waals surface area contributed by atoms with Crippen LogP contribution in [0.1, 0.15) is 24.8 Å². The predicted octanol–water partition coefficient (Wildman–Crippen LogP) is 5.60. The minimum atomic E-state index is 0.545. The van der Waals surface area contributed by atoms with Gasteiger partial charge in [-0.05, 0) is 36.1 Å². The fraction of sp³-hybridized carbons (Fsp3) is 0.211. The molecule has 1 heterocycles. The van der Waals surface area contributed by atoms with E-state index >= 15 is 0 Å². The normalized spacial score (nSPS) is 12.3. The molecule has 0 aliphatic rings. The van der Waals surface area contributed by atoms with Crippen molar-refractivity contribution < 1.29 is 0 Å². The standard InChI is InChI=1S/C19H19BrN2/c1-14(15-6-3-2-4-7-15)11-13-21-18-10-9-17(20)16-8-5-12-22-19(16)18/h2-10,12,14,21H,11,13H2,1H3. The van der Waals surface area contributed by atoms with E-state index in [1.54, 1.807) is 0 Å². The Kier molecular flexibility index (Phi) is 4.74. The lowest BCUT2D eigenvalue weighted by atomic mass is 9.98. The van der Waals surface area contributed by atoms with Gasteiger partial charge in [0, 0.05) is 22.6 Å². The number of pyridine rings is 1. The van der Waals surface area contributed by atoms with E-state index in [0.29, 0.717) is 5.92 Å². The minimum Gasteiger partial charge on any atom is -0.383 e. The molecule has 0 aliphatic carbocycles. The van der Waals surface area contributed by atoms with Crippen molar-refractivity contribution in [3.05, 3.63) is 70.8 Å². The van der Waals surface area contributed by atoms with Crippen LogP contribution in [0.2, 0.25) is 0 Å². The van der Waals surface area contributed by atoms with E-state index in [0.717, 1.165) is 34.0 Å². The largest absolute Gasteiger partial charge is 0.383 e. The second-order valence-corrected chi connectivity index (χ2v) is 6.38. The number of aromatic nitrogens is 1. The van der Waals surface area contributed by atoms with E-state index in [1.165, 1.54) is 5.56 Å². The highest BCUT2D eigenvalue weighted by atomic mass is 79.9. The second-order valence-electron chi connectivity index (χ2n) is 5.52. The molecule has 1 unspecified atom stereocenters. The van der Waals surface area contributed by atoms with Gasteiger partial charge in [-0.2, -0.15) is 0 Å². The Morgan fingerprint density at radius 3 is 2.68 bits per heavy atom. The Balaban J connectivity index is 1.69. The Labute approximate surface area is 139 Å². The monoisotopic (exact) mass is 354 g/mol. The fourth-order valence-corrected chi connectivity index (χ4v) is 3.10. The van der Waals surface area contributed by atoms with E-state index in [2.05, 4.69) is 81.7 Å². The zero-order valence-corrected chi connectivity index (χ0v) is 14.2. The second kappa shape index (κ2) is 6.93. The summed E-state index contributed by atoms with van der Waals surface area (Å²) in [5, 5.41) is 4.67. The van der Waals surface area contributed by atoms with Crippen LogP contribution >= 0.6 is 15.9 Å². The van der Waals surface area contributed by atoms with Gasteiger partial charge in [0.1, 0.15) is 0 Å². The quantitative estimate of drug-likeness (QED) is 0.644. The summed E-state index contributed by atoms with van der Waals surface area (Å²) < 4.78 is 1.08. The predicted molar refractivity (Wildman–Crippen MR) is 97.4 cm³/mol. The molecule has 2 aromatic carbocycles. The van der Waals surface area contributed by atoms with E-state index < -0.39 is 0 Å². The maximum absolute atomic E-state index is 4.51. The lowest BCUT2D eigenvalue weighted by Gasteiger charge is -2.14. The van der Waals surface area contributed by atoms with Crippen LogP contribution in [0.15, 0.2) is 65.3 Å². The molecule has 3 heteroatoms. The molecule has 0 amide bonds. The Morgan fingerprint density at radius 1 is 1.05 bits per heavy atom. The zero-order valence-electron chi connectivity index (χ0n) is 12.6. The summed E-state index contributed by atoms with van der Waals surface area (Å²) in [6, 6.07) is 18.9. The molecule has 0 saturated heterocycles. The summed E-state index contributed by atoms with van der Waals surface area (Å²) in [4.78, 5) is 4.51. The molecule has 0 radical (unpaired) electrons. The Bertz CT molecular complexity index is 756. The zero-order chi connectivity index (χ0) is 15.4. The Hall–Kier alpha value is -1.87. The van der Waals surface area contributed by atoms with Crippen molar-refractivity contribution in [1.82, 2.24) is 4.98 Å². The molecule has 112 valence electrons. The average molecular weight is 355 g/mol. The maximum Gasteiger partial charge on any atom is 0.0944 e. The lowest BCUT2D eigenvalue weighted by molar-refractivity contribution is 0.706. The number of anilines is 1. The van der Waals surface area contributed by atoms with Crippen molar-refractivity contribution in [2.45, 2.75) is 19.3 Å². The molecule has 22 heavy (non-hydrogen) atoms. The van der Waals surface area contributed by atoms with Crippen LogP contribution in [-0.2, 0) is 0 Å². The lowest BCUT2D eigenvalue weighted by Crippen LogP contribution is -2.06. The minimum absolute atomic E-state index is 0.545. The van der Waals surface area contributed by atoms with Gasteiger partial charge in [0.25, 0.3) is 0 Å². The van der Waals surface area contributed by atoms with E-state index in [4.69, 9.17) is 0 Å². The number of halogens is 1. The summed E-state index contributed by atoms with van der Waals surface area (Å²) >= 11 is 3.59. The highest BCUT2D eigenvalue weighted by Gasteiger charge is 2.07. The van der Waals surface area contributed by atoms with Crippen LogP contribution in [-0.4, -0.2) is 11.5 Å². The van der Waals surface area contributed by atoms with Gasteiger partial charge in [0.2, 0.25) is 0 Å².